The zero-order valence-corrected chi connectivity index (χ0v) is 18.8. The summed E-state index contributed by atoms with van der Waals surface area (Å²) < 4.78 is 1.01. The Labute approximate surface area is 193 Å². The van der Waals surface area contributed by atoms with E-state index in [0.29, 0.717) is 23.2 Å². The van der Waals surface area contributed by atoms with Crippen LogP contribution in [0.2, 0.25) is 0 Å². The van der Waals surface area contributed by atoms with Gasteiger partial charge in [-0.1, -0.05) is 31.7 Å². The molecule has 0 radical (unpaired) electrons. The van der Waals surface area contributed by atoms with E-state index in [9.17, 15) is 14.7 Å². The lowest BCUT2D eigenvalue weighted by Gasteiger charge is -2.32. The summed E-state index contributed by atoms with van der Waals surface area (Å²) in [4.78, 5) is 32.3. The number of amides is 1. The molecule has 2 saturated carbocycles. The van der Waals surface area contributed by atoms with E-state index in [4.69, 9.17) is 4.98 Å². The Hall–Kier alpha value is -3.06. The molecule has 1 N–H and O–H groups in total. The van der Waals surface area contributed by atoms with Crippen molar-refractivity contribution in [3.63, 3.8) is 0 Å². The van der Waals surface area contributed by atoms with Crippen LogP contribution in [0.25, 0.3) is 10.8 Å². The van der Waals surface area contributed by atoms with Gasteiger partial charge in [0, 0.05) is 23.2 Å². The summed E-state index contributed by atoms with van der Waals surface area (Å²) in [5, 5.41) is 14.4. The monoisotopic (exact) mass is 446 g/mol. The van der Waals surface area contributed by atoms with Gasteiger partial charge in [-0.15, -0.1) is 0 Å². The van der Waals surface area contributed by atoms with Crippen LogP contribution < -0.4 is 10.5 Å². The summed E-state index contributed by atoms with van der Waals surface area (Å²) in [7, 11) is 0. The van der Waals surface area contributed by atoms with Crippen molar-refractivity contribution < 1.29 is 9.90 Å². The van der Waals surface area contributed by atoms with Gasteiger partial charge in [-0.2, -0.15) is 5.10 Å². The zero-order valence-electron chi connectivity index (χ0n) is 18.8. The Balaban J connectivity index is 1.43. The number of aromatic nitrogens is 3. The second-order valence-electron chi connectivity index (χ2n) is 9.33. The molecule has 2 fully saturated rings. The normalized spacial score (nSPS) is 17.1. The zero-order chi connectivity index (χ0) is 22.8. The summed E-state index contributed by atoms with van der Waals surface area (Å²) in [6, 6.07) is 9.57. The van der Waals surface area contributed by atoms with Crippen molar-refractivity contribution in [2.24, 2.45) is 5.92 Å². The number of aliphatic hydroxyl groups excluding tert-OH is 1. The summed E-state index contributed by atoms with van der Waals surface area (Å²) in [6.07, 6.45) is 12.8. The van der Waals surface area contributed by atoms with Crippen LogP contribution in [0.5, 0.6) is 0 Å². The van der Waals surface area contributed by atoms with Gasteiger partial charge in [0.05, 0.1) is 23.8 Å². The van der Waals surface area contributed by atoms with Gasteiger partial charge in [-0.25, -0.2) is 4.68 Å². The van der Waals surface area contributed by atoms with Crippen molar-refractivity contribution >= 4 is 22.4 Å². The second-order valence-corrected chi connectivity index (χ2v) is 9.33. The van der Waals surface area contributed by atoms with Crippen molar-refractivity contribution in [3.8, 4) is 0 Å². The van der Waals surface area contributed by atoms with Crippen molar-refractivity contribution in [2.45, 2.75) is 70.6 Å². The first-order valence-electron chi connectivity index (χ1n) is 12.0. The number of benzene rings is 1. The van der Waals surface area contributed by atoms with Crippen LogP contribution in [0.15, 0.2) is 47.5 Å². The first-order chi connectivity index (χ1) is 16.1. The molecule has 5 rings (SSSR count). The maximum Gasteiger partial charge on any atom is 0.276 e. The van der Waals surface area contributed by atoms with Crippen LogP contribution >= 0.6 is 0 Å². The van der Waals surface area contributed by atoms with E-state index in [1.54, 1.807) is 23.2 Å². The fraction of sp³-hybridized carbons (Fsp3) is 0.462. The van der Waals surface area contributed by atoms with E-state index >= 15 is 0 Å². The van der Waals surface area contributed by atoms with Gasteiger partial charge >= 0.3 is 0 Å². The number of anilines is 1. The first kappa shape index (κ1) is 21.8. The van der Waals surface area contributed by atoms with Crippen molar-refractivity contribution in [3.05, 3.63) is 64.3 Å². The number of fused-ring (bicyclic) bond motifs is 1. The molecule has 2 aromatic heterocycles. The molecule has 0 unspecified atom stereocenters. The lowest BCUT2D eigenvalue weighted by atomic mass is 9.84. The second kappa shape index (κ2) is 9.43. The molecule has 2 aliphatic rings. The minimum atomic E-state index is -0.467. The molecular weight excluding hydrogens is 416 g/mol. The number of carbonyl (C=O) groups is 1. The van der Waals surface area contributed by atoms with Gasteiger partial charge in [-0.3, -0.25) is 14.6 Å². The Morgan fingerprint density at radius 1 is 1.03 bits per heavy atom. The smallest absolute Gasteiger partial charge is 0.276 e. The molecular formula is C26H30N4O3. The van der Waals surface area contributed by atoms with Gasteiger partial charge in [0.2, 0.25) is 5.91 Å². The number of hydrogen-bond donors (Lipinski definition) is 1. The van der Waals surface area contributed by atoms with E-state index in [-0.39, 0.29) is 17.4 Å². The van der Waals surface area contributed by atoms with Crippen LogP contribution in [0.4, 0.5) is 5.69 Å². The van der Waals surface area contributed by atoms with Crippen molar-refractivity contribution in [1.82, 2.24) is 14.8 Å². The maximum absolute atomic E-state index is 13.3. The third-order valence-corrected chi connectivity index (χ3v) is 7.25. The van der Waals surface area contributed by atoms with E-state index in [1.807, 2.05) is 18.3 Å². The molecule has 33 heavy (non-hydrogen) atoms. The number of nitrogens with zero attached hydrogens (tertiary/aromatic N) is 4. The Morgan fingerprint density at radius 3 is 2.52 bits per heavy atom. The van der Waals surface area contributed by atoms with Crippen LogP contribution in [-0.2, 0) is 18.1 Å². The summed E-state index contributed by atoms with van der Waals surface area (Å²) in [5.41, 5.74) is 2.54. The molecule has 0 spiro atoms. The predicted molar refractivity (Wildman–Crippen MR) is 127 cm³/mol. The van der Waals surface area contributed by atoms with Crippen LogP contribution in [-0.4, -0.2) is 25.8 Å². The van der Waals surface area contributed by atoms with E-state index in [0.717, 1.165) is 35.3 Å². The summed E-state index contributed by atoms with van der Waals surface area (Å²) in [6.45, 7) is -0.0712. The first-order valence-corrected chi connectivity index (χ1v) is 12.0. The Bertz CT molecular complexity index is 1190. The number of aliphatic hydroxyl groups is 1. The minimum absolute atomic E-state index is 0.0442. The molecule has 0 aliphatic heterocycles. The number of carbonyl (C=O) groups excluding carboxylic acids is 1. The summed E-state index contributed by atoms with van der Waals surface area (Å²) in [5.74, 6) is 0.752. The molecule has 0 atom stereocenters. The number of hydrogen-bond acceptors (Lipinski definition) is 5. The fourth-order valence-corrected chi connectivity index (χ4v) is 4.98. The number of rotatable bonds is 6. The third kappa shape index (κ3) is 4.42. The highest BCUT2D eigenvalue weighted by Crippen LogP contribution is 2.33. The highest BCUT2D eigenvalue weighted by Gasteiger charge is 2.31. The molecule has 0 saturated heterocycles. The summed E-state index contributed by atoms with van der Waals surface area (Å²) >= 11 is 0. The molecule has 1 amide bonds. The highest BCUT2D eigenvalue weighted by molar-refractivity contribution is 5.97. The largest absolute Gasteiger partial charge is 0.374 e. The lowest BCUT2D eigenvalue weighted by molar-refractivity contribution is -0.124. The van der Waals surface area contributed by atoms with Gasteiger partial charge < -0.3 is 10.0 Å². The lowest BCUT2D eigenvalue weighted by Crippen LogP contribution is -2.38. The molecule has 0 bridgehead atoms. The van der Waals surface area contributed by atoms with E-state index in [2.05, 4.69) is 11.2 Å². The number of pyridine rings is 1. The van der Waals surface area contributed by atoms with Crippen molar-refractivity contribution in [2.75, 3.05) is 4.90 Å². The van der Waals surface area contributed by atoms with Crippen molar-refractivity contribution in [1.29, 1.82) is 0 Å². The minimum Gasteiger partial charge on any atom is -0.374 e. The standard InChI is InChI=1S/C26H30N4O3/c31-17-30-26(33)24-12-11-23(13-21(24)15-28-30)29(25(32)19-7-4-8-19)16-22-10-9-20(14-27-22)18-5-2-1-3-6-18/h9-15,18-19,31H,1-8,16-17H2. The molecule has 1 aromatic carbocycles. The van der Waals surface area contributed by atoms with Crippen LogP contribution in [0.1, 0.15) is 68.5 Å². The Morgan fingerprint density at radius 2 is 1.85 bits per heavy atom. The van der Waals surface area contributed by atoms with Gasteiger partial charge in [0.15, 0.2) is 0 Å². The van der Waals surface area contributed by atoms with Gasteiger partial charge in [0.25, 0.3) is 5.56 Å². The molecule has 2 aliphatic carbocycles. The molecule has 172 valence electrons. The van der Waals surface area contributed by atoms with Crippen LogP contribution in [0, 0.1) is 5.92 Å². The molecule has 7 nitrogen and oxygen atoms in total. The molecule has 7 heteroatoms. The molecule has 2 heterocycles. The average Bonchev–Trinajstić information content (AvgIpc) is 2.82. The average molecular weight is 447 g/mol. The van der Waals surface area contributed by atoms with E-state index < -0.39 is 6.73 Å². The third-order valence-electron chi connectivity index (χ3n) is 7.25. The fourth-order valence-electron chi connectivity index (χ4n) is 4.98. The SMILES string of the molecule is O=C(C1CCC1)N(Cc1ccc(C2CCCCC2)cn1)c1ccc2c(=O)n(CO)ncc2c1. The topological polar surface area (TPSA) is 88.3 Å². The quantitative estimate of drug-likeness (QED) is 0.615. The Kier molecular flexibility index (Phi) is 6.22. The molecule has 3 aromatic rings. The highest BCUT2D eigenvalue weighted by atomic mass is 16.3. The predicted octanol–water partition coefficient (Wildman–Crippen LogP) is 4.12. The van der Waals surface area contributed by atoms with Gasteiger partial charge in [-0.05, 0) is 61.4 Å². The van der Waals surface area contributed by atoms with Gasteiger partial charge in [0.1, 0.15) is 6.73 Å². The maximum atomic E-state index is 13.3. The van der Waals surface area contributed by atoms with E-state index in [1.165, 1.54) is 37.7 Å². The van der Waals surface area contributed by atoms with Crippen LogP contribution in [0.3, 0.4) is 0 Å².